The lowest BCUT2D eigenvalue weighted by molar-refractivity contribution is -0.0698. The first-order chi connectivity index (χ1) is 10.8. The maximum atomic E-state index is 10.6. The van der Waals surface area contributed by atoms with Crippen LogP contribution in [0.1, 0.15) is 66.2 Å². The largest absolute Gasteiger partial charge is 0.392 e. The fourth-order valence-corrected chi connectivity index (χ4v) is 2.84. The van der Waals surface area contributed by atoms with Gasteiger partial charge in [0, 0.05) is 0 Å². The fourth-order valence-electron chi connectivity index (χ4n) is 2.84. The summed E-state index contributed by atoms with van der Waals surface area (Å²) in [4.78, 5) is 0. The summed E-state index contributed by atoms with van der Waals surface area (Å²) < 4.78 is 0. The van der Waals surface area contributed by atoms with E-state index in [1.165, 1.54) is 11.1 Å². The van der Waals surface area contributed by atoms with Gasteiger partial charge in [0.15, 0.2) is 0 Å². The highest BCUT2D eigenvalue weighted by atomic mass is 16.3. The van der Waals surface area contributed by atoms with E-state index in [0.717, 1.165) is 24.8 Å². The second-order valence-electron chi connectivity index (χ2n) is 7.38. The Morgan fingerprint density at radius 2 is 1.91 bits per heavy atom. The molecular formula is C20H34O3. The molecule has 1 aliphatic carbocycles. The summed E-state index contributed by atoms with van der Waals surface area (Å²) in [5.41, 5.74) is 2.47. The Kier molecular flexibility index (Phi) is 8.24. The highest BCUT2D eigenvalue weighted by Gasteiger charge is 2.30. The molecule has 0 saturated carbocycles. The van der Waals surface area contributed by atoms with Gasteiger partial charge in [0.25, 0.3) is 0 Å². The fraction of sp³-hybridized carbons (Fsp3) is 0.700. The predicted molar refractivity (Wildman–Crippen MR) is 96.2 cm³/mol. The van der Waals surface area contributed by atoms with Crippen molar-refractivity contribution in [2.24, 2.45) is 5.92 Å². The summed E-state index contributed by atoms with van der Waals surface area (Å²) in [6.07, 6.45) is 9.95. The maximum absolute atomic E-state index is 10.6. The quantitative estimate of drug-likeness (QED) is 0.676. The van der Waals surface area contributed by atoms with E-state index in [2.05, 4.69) is 39.0 Å². The normalized spacial score (nSPS) is 28.7. The van der Waals surface area contributed by atoms with E-state index in [1.807, 2.05) is 0 Å². The van der Waals surface area contributed by atoms with Gasteiger partial charge in [-0.2, -0.15) is 0 Å². The van der Waals surface area contributed by atoms with Crippen molar-refractivity contribution in [3.05, 3.63) is 34.9 Å². The molecule has 1 aliphatic rings. The van der Waals surface area contributed by atoms with E-state index in [-0.39, 0.29) is 6.61 Å². The van der Waals surface area contributed by atoms with Crippen molar-refractivity contribution in [2.45, 2.75) is 77.9 Å². The minimum absolute atomic E-state index is 0.0228. The van der Waals surface area contributed by atoms with Crippen LogP contribution in [0.5, 0.6) is 0 Å². The number of hydrogen-bond acceptors (Lipinski definition) is 3. The number of aliphatic hydroxyl groups is 3. The summed E-state index contributed by atoms with van der Waals surface area (Å²) in [6, 6.07) is 0. The van der Waals surface area contributed by atoms with Crippen LogP contribution in [-0.4, -0.2) is 33.6 Å². The Morgan fingerprint density at radius 3 is 2.52 bits per heavy atom. The van der Waals surface area contributed by atoms with Crippen LogP contribution in [0.3, 0.4) is 0 Å². The van der Waals surface area contributed by atoms with Crippen molar-refractivity contribution < 1.29 is 15.3 Å². The molecule has 3 N–H and O–H groups in total. The first-order valence-corrected chi connectivity index (χ1v) is 8.81. The van der Waals surface area contributed by atoms with E-state index in [9.17, 15) is 15.3 Å². The molecule has 0 unspecified atom stereocenters. The lowest BCUT2D eigenvalue weighted by Crippen LogP contribution is -2.39. The molecule has 0 heterocycles. The number of aliphatic hydroxyl groups excluding tert-OH is 2. The Morgan fingerprint density at radius 1 is 1.22 bits per heavy atom. The molecule has 132 valence electrons. The minimum Gasteiger partial charge on any atom is -0.392 e. The van der Waals surface area contributed by atoms with Crippen LogP contribution < -0.4 is 0 Å². The monoisotopic (exact) mass is 322 g/mol. The molecule has 0 amide bonds. The van der Waals surface area contributed by atoms with Crippen molar-refractivity contribution in [3.63, 3.8) is 0 Å². The van der Waals surface area contributed by atoms with E-state index in [4.69, 9.17) is 0 Å². The van der Waals surface area contributed by atoms with Gasteiger partial charge < -0.3 is 15.3 Å². The van der Waals surface area contributed by atoms with Crippen LogP contribution >= 0.6 is 0 Å². The first-order valence-electron chi connectivity index (χ1n) is 8.81. The third-order valence-corrected chi connectivity index (χ3v) is 4.87. The van der Waals surface area contributed by atoms with E-state index in [0.29, 0.717) is 25.2 Å². The molecule has 2 atom stereocenters. The van der Waals surface area contributed by atoms with Crippen molar-refractivity contribution in [3.8, 4) is 0 Å². The molecule has 0 fully saturated rings. The van der Waals surface area contributed by atoms with Crippen LogP contribution in [0.25, 0.3) is 0 Å². The average molecular weight is 322 g/mol. The van der Waals surface area contributed by atoms with E-state index < -0.39 is 11.7 Å². The highest BCUT2D eigenvalue weighted by Crippen LogP contribution is 2.27. The summed E-state index contributed by atoms with van der Waals surface area (Å²) >= 11 is 0. The summed E-state index contributed by atoms with van der Waals surface area (Å²) in [6.45, 7) is 8.20. The summed E-state index contributed by atoms with van der Waals surface area (Å²) in [5, 5.41) is 30.4. The molecule has 1 rings (SSSR count). The average Bonchev–Trinajstić information content (AvgIpc) is 2.48. The Bertz CT molecular complexity index is 456. The van der Waals surface area contributed by atoms with Crippen LogP contribution in [0.4, 0.5) is 0 Å². The smallest absolute Gasteiger partial charge is 0.0880 e. The summed E-state index contributed by atoms with van der Waals surface area (Å²) in [5.74, 6) is 0.431. The van der Waals surface area contributed by atoms with Crippen LogP contribution in [0.15, 0.2) is 34.9 Å². The Hall–Kier alpha value is -0.900. The third-order valence-electron chi connectivity index (χ3n) is 4.87. The third kappa shape index (κ3) is 7.03. The zero-order chi connectivity index (χ0) is 17.5. The van der Waals surface area contributed by atoms with E-state index in [1.54, 1.807) is 6.92 Å². The highest BCUT2D eigenvalue weighted by molar-refractivity contribution is 5.19. The minimum atomic E-state index is -1.10. The van der Waals surface area contributed by atoms with Crippen LogP contribution in [-0.2, 0) is 0 Å². The number of rotatable bonds is 2. The molecule has 0 bridgehead atoms. The van der Waals surface area contributed by atoms with Gasteiger partial charge in [0.1, 0.15) is 0 Å². The first kappa shape index (κ1) is 20.1. The standard InChI is InChI=1S/C20H34O3/c1-15(2)18-10-8-16(3)6-5-7-17(14-21)9-11-19(22)20(4,23)13-12-18/h7-8,10,15,19,21-23H,5-6,9,11-14H2,1-4H3/t19-,20-/m0/s1. The molecular weight excluding hydrogens is 288 g/mol. The second kappa shape index (κ2) is 9.41. The predicted octanol–water partition coefficient (Wildman–Crippen LogP) is 3.90. The van der Waals surface area contributed by atoms with Gasteiger partial charge in [-0.25, -0.2) is 0 Å². The van der Waals surface area contributed by atoms with Gasteiger partial charge >= 0.3 is 0 Å². The zero-order valence-electron chi connectivity index (χ0n) is 15.2. The van der Waals surface area contributed by atoms with Gasteiger partial charge in [0.05, 0.1) is 18.3 Å². The SMILES string of the molecule is CC1=CC=C(C(C)C)CC[C@](C)(O)[C@@H](O)CCC(CO)=CCC1. The van der Waals surface area contributed by atoms with Gasteiger partial charge in [-0.15, -0.1) is 0 Å². The summed E-state index contributed by atoms with van der Waals surface area (Å²) in [7, 11) is 0. The van der Waals surface area contributed by atoms with Crippen molar-refractivity contribution in [1.82, 2.24) is 0 Å². The topological polar surface area (TPSA) is 60.7 Å². The van der Waals surface area contributed by atoms with Crippen LogP contribution in [0, 0.1) is 5.92 Å². The lowest BCUT2D eigenvalue weighted by Gasteiger charge is -2.30. The lowest BCUT2D eigenvalue weighted by atomic mass is 9.85. The molecule has 0 saturated heterocycles. The van der Waals surface area contributed by atoms with Gasteiger partial charge in [-0.3, -0.25) is 0 Å². The number of hydrogen-bond donors (Lipinski definition) is 3. The molecule has 0 radical (unpaired) electrons. The molecule has 3 heteroatoms. The molecule has 3 nitrogen and oxygen atoms in total. The van der Waals surface area contributed by atoms with Crippen LogP contribution in [0.2, 0.25) is 0 Å². The zero-order valence-corrected chi connectivity index (χ0v) is 15.2. The molecule has 0 aromatic carbocycles. The maximum Gasteiger partial charge on any atom is 0.0880 e. The number of allylic oxidation sites excluding steroid dienone is 5. The van der Waals surface area contributed by atoms with E-state index >= 15 is 0 Å². The van der Waals surface area contributed by atoms with Gasteiger partial charge in [0.2, 0.25) is 0 Å². The molecule has 23 heavy (non-hydrogen) atoms. The molecule has 0 aromatic heterocycles. The van der Waals surface area contributed by atoms with Crippen molar-refractivity contribution >= 4 is 0 Å². The second-order valence-corrected chi connectivity index (χ2v) is 7.38. The molecule has 0 aromatic rings. The van der Waals surface area contributed by atoms with Crippen molar-refractivity contribution in [2.75, 3.05) is 6.61 Å². The molecule has 0 aliphatic heterocycles. The Labute approximate surface area is 141 Å². The van der Waals surface area contributed by atoms with Crippen molar-refractivity contribution in [1.29, 1.82) is 0 Å². The Balaban J connectivity index is 3.01. The van der Waals surface area contributed by atoms with Gasteiger partial charge in [-0.1, -0.05) is 43.2 Å². The van der Waals surface area contributed by atoms with Gasteiger partial charge in [-0.05, 0) is 63.9 Å². The molecule has 0 spiro atoms.